The van der Waals surface area contributed by atoms with Crippen molar-refractivity contribution in [1.82, 2.24) is 4.90 Å². The highest BCUT2D eigenvalue weighted by molar-refractivity contribution is 6.01. The lowest BCUT2D eigenvalue weighted by Gasteiger charge is -2.17. The molecular formula is C18H19N3O9. The molecule has 0 atom stereocenters. The molecule has 0 aliphatic rings. The van der Waals surface area contributed by atoms with Crippen LogP contribution in [-0.4, -0.2) is 55.4 Å². The second kappa shape index (κ2) is 11.0. The molecular weight excluding hydrogens is 402 g/mol. The van der Waals surface area contributed by atoms with E-state index in [2.05, 4.69) is 9.47 Å². The van der Waals surface area contributed by atoms with Crippen molar-refractivity contribution in [2.24, 2.45) is 0 Å². The van der Waals surface area contributed by atoms with Crippen molar-refractivity contribution in [2.75, 3.05) is 27.3 Å². The number of ether oxygens (including phenoxy) is 4. The maximum Gasteiger partial charge on any atom is 0.513 e. The van der Waals surface area contributed by atoms with E-state index in [0.29, 0.717) is 13.1 Å². The van der Waals surface area contributed by atoms with Crippen molar-refractivity contribution in [2.45, 2.75) is 13.8 Å². The molecule has 12 heteroatoms. The molecule has 0 aliphatic heterocycles. The predicted molar refractivity (Wildman–Crippen MR) is 101 cm³/mol. The Morgan fingerprint density at radius 1 is 1.13 bits per heavy atom. The van der Waals surface area contributed by atoms with Gasteiger partial charge in [-0.25, -0.2) is 9.59 Å². The number of nitro benzene ring substituents is 1. The van der Waals surface area contributed by atoms with Gasteiger partial charge in [0.05, 0.1) is 19.1 Å². The average Bonchev–Trinajstić information content (AvgIpc) is 2.73. The maximum absolute atomic E-state index is 12.4. The van der Waals surface area contributed by atoms with Crippen LogP contribution >= 0.6 is 0 Å². The summed E-state index contributed by atoms with van der Waals surface area (Å²) in [6.07, 6.45) is -1.47. The highest BCUT2D eigenvalue weighted by atomic mass is 16.7. The molecule has 0 saturated heterocycles. The number of methoxy groups -OCH3 is 2. The number of hydrogen-bond acceptors (Lipinski definition) is 10. The van der Waals surface area contributed by atoms with Crippen LogP contribution in [0.3, 0.4) is 0 Å². The van der Waals surface area contributed by atoms with E-state index in [0.717, 1.165) is 32.4 Å². The van der Waals surface area contributed by atoms with E-state index in [4.69, 9.17) is 9.47 Å². The SMILES string of the molecule is CCN(CC)C(=O)C(C#N)=Cc1cc(OC(=O)OC)c(OC(=O)OC)c([N+](=O)[O-])c1. The number of rotatable bonds is 7. The summed E-state index contributed by atoms with van der Waals surface area (Å²) in [7, 11) is 1.97. The number of carbonyl (C=O) groups excluding carboxylic acids is 3. The van der Waals surface area contributed by atoms with E-state index in [1.165, 1.54) is 4.90 Å². The van der Waals surface area contributed by atoms with Gasteiger partial charge in [-0.1, -0.05) is 0 Å². The zero-order valence-electron chi connectivity index (χ0n) is 16.7. The van der Waals surface area contributed by atoms with E-state index in [1.807, 2.05) is 0 Å². The first-order valence-corrected chi connectivity index (χ1v) is 8.47. The van der Waals surface area contributed by atoms with Gasteiger partial charge in [0.15, 0.2) is 5.75 Å². The molecule has 0 bridgehead atoms. The molecule has 12 nitrogen and oxygen atoms in total. The van der Waals surface area contributed by atoms with Crippen LogP contribution in [0.15, 0.2) is 17.7 Å². The molecule has 160 valence electrons. The van der Waals surface area contributed by atoms with Gasteiger partial charge in [0.25, 0.3) is 11.7 Å². The van der Waals surface area contributed by atoms with Crippen molar-refractivity contribution in [1.29, 1.82) is 5.26 Å². The van der Waals surface area contributed by atoms with E-state index >= 15 is 0 Å². The van der Waals surface area contributed by atoms with Crippen LogP contribution in [0.1, 0.15) is 19.4 Å². The van der Waals surface area contributed by atoms with Crippen molar-refractivity contribution in [3.8, 4) is 17.6 Å². The second-order valence-electron chi connectivity index (χ2n) is 5.38. The summed E-state index contributed by atoms with van der Waals surface area (Å²) in [5.41, 5.74) is -1.12. The number of benzene rings is 1. The van der Waals surface area contributed by atoms with Gasteiger partial charge in [-0.3, -0.25) is 14.9 Å². The Balaban J connectivity index is 3.65. The van der Waals surface area contributed by atoms with E-state index in [1.54, 1.807) is 19.9 Å². The highest BCUT2D eigenvalue weighted by Crippen LogP contribution is 2.39. The molecule has 0 fully saturated rings. The highest BCUT2D eigenvalue weighted by Gasteiger charge is 2.27. The van der Waals surface area contributed by atoms with Crippen molar-refractivity contribution < 1.29 is 38.3 Å². The monoisotopic (exact) mass is 421 g/mol. The van der Waals surface area contributed by atoms with Gasteiger partial charge >= 0.3 is 18.0 Å². The minimum Gasteiger partial charge on any atom is -0.437 e. The number of amides is 1. The summed E-state index contributed by atoms with van der Waals surface area (Å²) in [5, 5.41) is 20.8. The molecule has 0 saturated carbocycles. The lowest BCUT2D eigenvalue weighted by molar-refractivity contribution is -0.385. The van der Waals surface area contributed by atoms with Gasteiger partial charge in [0, 0.05) is 19.2 Å². The first-order chi connectivity index (χ1) is 14.2. The standard InChI is InChI=1S/C18H19N3O9/c1-5-20(6-2)16(22)12(10-19)7-11-8-13(21(25)26)15(30-18(24)28-4)14(9-11)29-17(23)27-3/h7-9H,5-6H2,1-4H3. The lowest BCUT2D eigenvalue weighted by atomic mass is 10.1. The first-order valence-electron chi connectivity index (χ1n) is 8.47. The van der Waals surface area contributed by atoms with E-state index in [-0.39, 0.29) is 11.1 Å². The third kappa shape index (κ3) is 5.93. The minimum absolute atomic E-state index is 0.0325. The van der Waals surface area contributed by atoms with Crippen LogP contribution in [0.25, 0.3) is 6.08 Å². The van der Waals surface area contributed by atoms with Crippen LogP contribution in [0.5, 0.6) is 11.5 Å². The summed E-state index contributed by atoms with van der Waals surface area (Å²) < 4.78 is 18.2. The predicted octanol–water partition coefficient (Wildman–Crippen LogP) is 2.66. The lowest BCUT2D eigenvalue weighted by Crippen LogP contribution is -2.31. The van der Waals surface area contributed by atoms with Gasteiger partial charge in [-0.2, -0.15) is 5.26 Å². The topological polar surface area (TPSA) is 158 Å². The fourth-order valence-electron chi connectivity index (χ4n) is 2.25. The third-order valence-electron chi connectivity index (χ3n) is 3.68. The quantitative estimate of drug-likeness (QED) is 0.160. The molecule has 30 heavy (non-hydrogen) atoms. The van der Waals surface area contributed by atoms with Crippen molar-refractivity contribution in [3.63, 3.8) is 0 Å². The smallest absolute Gasteiger partial charge is 0.437 e. The number of nitriles is 1. The van der Waals surface area contributed by atoms with Crippen LogP contribution in [0.4, 0.5) is 15.3 Å². The summed E-state index contributed by atoms with van der Waals surface area (Å²) in [4.78, 5) is 47.4. The molecule has 0 N–H and O–H groups in total. The Kier molecular flexibility index (Phi) is 8.77. The Bertz CT molecular complexity index is 914. The zero-order chi connectivity index (χ0) is 22.8. The van der Waals surface area contributed by atoms with Gasteiger partial charge in [0.1, 0.15) is 11.6 Å². The van der Waals surface area contributed by atoms with Gasteiger partial charge < -0.3 is 23.8 Å². The number of nitrogens with zero attached hydrogens (tertiary/aromatic N) is 3. The van der Waals surface area contributed by atoms with Crippen LogP contribution in [0.2, 0.25) is 0 Å². The largest absolute Gasteiger partial charge is 0.513 e. The fourth-order valence-corrected chi connectivity index (χ4v) is 2.25. The Morgan fingerprint density at radius 3 is 2.17 bits per heavy atom. The Labute approximate surface area is 171 Å². The molecule has 0 aliphatic carbocycles. The van der Waals surface area contributed by atoms with Crippen LogP contribution in [-0.2, 0) is 14.3 Å². The zero-order valence-corrected chi connectivity index (χ0v) is 16.7. The maximum atomic E-state index is 12.4. The molecule has 0 aromatic heterocycles. The summed E-state index contributed by atoms with van der Waals surface area (Å²) in [5.74, 6) is -1.86. The number of carbonyl (C=O) groups is 3. The van der Waals surface area contributed by atoms with E-state index in [9.17, 15) is 29.8 Å². The van der Waals surface area contributed by atoms with Crippen molar-refractivity contribution in [3.05, 3.63) is 33.4 Å². The fraction of sp³-hybridized carbons (Fsp3) is 0.333. The Morgan fingerprint density at radius 2 is 1.70 bits per heavy atom. The summed E-state index contributed by atoms with van der Waals surface area (Å²) in [6.45, 7) is 4.14. The van der Waals surface area contributed by atoms with Crippen LogP contribution < -0.4 is 9.47 Å². The van der Waals surface area contributed by atoms with Gasteiger partial charge in [-0.15, -0.1) is 0 Å². The first kappa shape index (κ1) is 23.9. The Hall–Kier alpha value is -4.14. The molecule has 0 unspecified atom stereocenters. The van der Waals surface area contributed by atoms with Crippen LogP contribution in [0, 0.1) is 21.4 Å². The molecule has 1 aromatic carbocycles. The third-order valence-corrected chi connectivity index (χ3v) is 3.68. The van der Waals surface area contributed by atoms with Gasteiger partial charge in [-0.05, 0) is 31.6 Å². The normalized spacial score (nSPS) is 10.4. The minimum atomic E-state index is -1.30. The number of hydrogen-bond donors (Lipinski definition) is 0. The molecule has 0 spiro atoms. The summed E-state index contributed by atoms with van der Waals surface area (Å²) >= 11 is 0. The molecule has 0 radical (unpaired) electrons. The number of likely N-dealkylation sites (N-methyl/N-ethyl adjacent to an activating group) is 1. The second-order valence-corrected chi connectivity index (χ2v) is 5.38. The van der Waals surface area contributed by atoms with Gasteiger partial charge in [0.2, 0.25) is 0 Å². The average molecular weight is 421 g/mol. The number of nitro groups is 1. The molecule has 1 rings (SSSR count). The summed E-state index contributed by atoms with van der Waals surface area (Å²) in [6, 6.07) is 3.74. The van der Waals surface area contributed by atoms with E-state index < -0.39 is 40.3 Å². The molecule has 1 amide bonds. The van der Waals surface area contributed by atoms with Crippen molar-refractivity contribution >= 4 is 30.0 Å². The molecule has 0 heterocycles. The molecule has 1 aromatic rings.